The maximum Gasteiger partial charge on any atom is 0.0815 e. The van der Waals surface area contributed by atoms with E-state index in [1.165, 1.54) is 4.90 Å². The molecule has 96 valence electrons. The maximum absolute atomic E-state index is 5.59. The Morgan fingerprint density at radius 1 is 1.44 bits per heavy atom. The van der Waals surface area contributed by atoms with Crippen molar-refractivity contribution in [3.63, 3.8) is 0 Å². The van der Waals surface area contributed by atoms with E-state index in [1.54, 1.807) is 16.4 Å². The van der Waals surface area contributed by atoms with E-state index in [1.807, 2.05) is 37.5 Å². The molecular weight excluding hydrogens is 312 g/mol. The van der Waals surface area contributed by atoms with Crippen molar-refractivity contribution in [2.75, 3.05) is 5.75 Å². The molecule has 0 saturated heterocycles. The first kappa shape index (κ1) is 13.6. The molecule has 0 aliphatic heterocycles. The molecular formula is C12H15BrN4S. The predicted molar refractivity (Wildman–Crippen MR) is 78.1 cm³/mol. The molecule has 4 nitrogen and oxygen atoms in total. The lowest BCUT2D eigenvalue weighted by molar-refractivity contribution is 0.581. The van der Waals surface area contributed by atoms with Crippen LogP contribution in [0.4, 0.5) is 0 Å². The third-order valence-corrected chi connectivity index (χ3v) is 4.66. The van der Waals surface area contributed by atoms with Gasteiger partial charge in [0, 0.05) is 28.4 Å². The number of benzene rings is 1. The van der Waals surface area contributed by atoms with Gasteiger partial charge in [-0.05, 0) is 34.1 Å². The minimum Gasteiger partial charge on any atom is -0.275 e. The van der Waals surface area contributed by atoms with Crippen LogP contribution in [0.25, 0.3) is 0 Å². The monoisotopic (exact) mass is 326 g/mol. The van der Waals surface area contributed by atoms with Gasteiger partial charge in [-0.25, -0.2) is 0 Å². The molecule has 2 rings (SSSR count). The minimum atomic E-state index is 0.0447. The first-order chi connectivity index (χ1) is 8.70. The Labute approximate surface area is 119 Å². The number of thioether (sulfide) groups is 1. The predicted octanol–water partition coefficient (Wildman–Crippen LogP) is 2.48. The van der Waals surface area contributed by atoms with E-state index in [2.05, 4.69) is 32.5 Å². The molecule has 2 aromatic rings. The zero-order valence-corrected chi connectivity index (χ0v) is 12.4. The number of hydrogen-bond donors (Lipinski definition) is 2. The molecule has 1 heterocycles. The minimum absolute atomic E-state index is 0.0447. The van der Waals surface area contributed by atoms with E-state index in [0.29, 0.717) is 0 Å². The second kappa shape index (κ2) is 6.38. The fraction of sp³-hybridized carbons (Fsp3) is 0.250. The highest BCUT2D eigenvalue weighted by molar-refractivity contribution is 9.10. The Morgan fingerprint density at radius 3 is 2.83 bits per heavy atom. The van der Waals surface area contributed by atoms with Crippen LogP contribution in [0.5, 0.6) is 0 Å². The van der Waals surface area contributed by atoms with Crippen molar-refractivity contribution in [3.05, 3.63) is 46.7 Å². The number of nitrogens with two attached hydrogens (primary N) is 1. The van der Waals surface area contributed by atoms with Gasteiger partial charge in [-0.15, -0.1) is 11.8 Å². The van der Waals surface area contributed by atoms with E-state index in [9.17, 15) is 0 Å². The van der Waals surface area contributed by atoms with Crippen LogP contribution in [0.15, 0.2) is 45.9 Å². The van der Waals surface area contributed by atoms with Crippen molar-refractivity contribution in [2.45, 2.75) is 10.9 Å². The van der Waals surface area contributed by atoms with Crippen molar-refractivity contribution in [2.24, 2.45) is 12.9 Å². The number of hydrogen-bond acceptors (Lipinski definition) is 4. The van der Waals surface area contributed by atoms with Gasteiger partial charge in [-0.2, -0.15) is 5.10 Å². The first-order valence-electron chi connectivity index (χ1n) is 5.53. The summed E-state index contributed by atoms with van der Waals surface area (Å²) in [5.41, 5.74) is 3.77. The van der Waals surface area contributed by atoms with Crippen LogP contribution in [0.1, 0.15) is 11.7 Å². The molecule has 0 fully saturated rings. The van der Waals surface area contributed by atoms with Gasteiger partial charge in [-0.3, -0.25) is 16.0 Å². The highest BCUT2D eigenvalue weighted by Gasteiger charge is 2.13. The molecule has 0 bridgehead atoms. The zero-order valence-electron chi connectivity index (χ0n) is 10.0. The quantitative estimate of drug-likeness (QED) is 0.503. The van der Waals surface area contributed by atoms with Crippen molar-refractivity contribution in [3.8, 4) is 0 Å². The summed E-state index contributed by atoms with van der Waals surface area (Å²) in [5.74, 6) is 6.42. The number of aryl methyl sites for hydroxylation is 1. The summed E-state index contributed by atoms with van der Waals surface area (Å²) < 4.78 is 2.88. The van der Waals surface area contributed by atoms with Crippen LogP contribution in [-0.4, -0.2) is 15.5 Å². The van der Waals surface area contributed by atoms with Gasteiger partial charge in [0.15, 0.2) is 0 Å². The Morgan fingerprint density at radius 2 is 2.22 bits per heavy atom. The lowest BCUT2D eigenvalue weighted by Gasteiger charge is -2.13. The molecule has 0 spiro atoms. The molecule has 1 aromatic heterocycles. The van der Waals surface area contributed by atoms with Crippen LogP contribution in [0, 0.1) is 0 Å². The number of nitrogens with zero attached hydrogens (tertiary/aromatic N) is 2. The highest BCUT2D eigenvalue weighted by Crippen LogP contribution is 2.29. The average molecular weight is 327 g/mol. The third-order valence-electron chi connectivity index (χ3n) is 2.53. The van der Waals surface area contributed by atoms with Crippen LogP contribution < -0.4 is 11.3 Å². The van der Waals surface area contributed by atoms with Gasteiger partial charge in [0.05, 0.1) is 11.7 Å². The fourth-order valence-corrected chi connectivity index (χ4v) is 3.19. The molecule has 1 atom stereocenters. The smallest absolute Gasteiger partial charge is 0.0815 e. The molecule has 0 radical (unpaired) electrons. The Hall–Kier alpha value is -0.820. The number of nitrogens with one attached hydrogen (secondary N) is 1. The SMILES string of the molecule is Cn1ccc(C(CSc2ccccc2Br)NN)n1. The molecule has 1 aromatic carbocycles. The highest BCUT2D eigenvalue weighted by atomic mass is 79.9. The van der Waals surface area contributed by atoms with Crippen molar-refractivity contribution < 1.29 is 0 Å². The number of hydrazine groups is 1. The van der Waals surface area contributed by atoms with E-state index in [4.69, 9.17) is 5.84 Å². The second-order valence-corrected chi connectivity index (χ2v) is 5.79. The van der Waals surface area contributed by atoms with Gasteiger partial charge >= 0.3 is 0 Å². The maximum atomic E-state index is 5.59. The molecule has 18 heavy (non-hydrogen) atoms. The molecule has 3 N–H and O–H groups in total. The topological polar surface area (TPSA) is 55.9 Å². The zero-order chi connectivity index (χ0) is 13.0. The molecule has 6 heteroatoms. The Bertz CT molecular complexity index is 514. The summed E-state index contributed by atoms with van der Waals surface area (Å²) in [4.78, 5) is 1.20. The fourth-order valence-electron chi connectivity index (χ4n) is 1.57. The molecule has 0 saturated carbocycles. The van der Waals surface area contributed by atoms with Crippen LogP contribution in [0.3, 0.4) is 0 Å². The van der Waals surface area contributed by atoms with Gasteiger partial charge in [-0.1, -0.05) is 12.1 Å². The normalized spacial score (nSPS) is 12.6. The van der Waals surface area contributed by atoms with E-state index < -0.39 is 0 Å². The summed E-state index contributed by atoms with van der Waals surface area (Å²) in [6.07, 6.45) is 1.92. The van der Waals surface area contributed by atoms with Crippen molar-refractivity contribution in [1.82, 2.24) is 15.2 Å². The van der Waals surface area contributed by atoms with Gasteiger partial charge in [0.25, 0.3) is 0 Å². The number of halogens is 1. The Kier molecular flexibility index (Phi) is 4.82. The van der Waals surface area contributed by atoms with Gasteiger partial charge in [0.2, 0.25) is 0 Å². The van der Waals surface area contributed by atoms with E-state index in [-0.39, 0.29) is 6.04 Å². The number of rotatable bonds is 5. The summed E-state index contributed by atoms with van der Waals surface area (Å²) in [7, 11) is 1.90. The van der Waals surface area contributed by atoms with Crippen LogP contribution >= 0.6 is 27.7 Å². The largest absolute Gasteiger partial charge is 0.275 e. The lowest BCUT2D eigenvalue weighted by atomic mass is 10.2. The van der Waals surface area contributed by atoms with Gasteiger partial charge in [0.1, 0.15) is 0 Å². The third kappa shape index (κ3) is 3.35. The first-order valence-corrected chi connectivity index (χ1v) is 7.31. The van der Waals surface area contributed by atoms with Crippen LogP contribution in [0.2, 0.25) is 0 Å². The van der Waals surface area contributed by atoms with Crippen molar-refractivity contribution >= 4 is 27.7 Å². The molecule has 1 unspecified atom stereocenters. The Balaban J connectivity index is 2.02. The van der Waals surface area contributed by atoms with Crippen molar-refractivity contribution in [1.29, 1.82) is 0 Å². The molecule has 0 aliphatic carbocycles. The van der Waals surface area contributed by atoms with E-state index >= 15 is 0 Å². The van der Waals surface area contributed by atoms with Crippen LogP contribution in [-0.2, 0) is 7.05 Å². The summed E-state index contributed by atoms with van der Waals surface area (Å²) in [6.45, 7) is 0. The molecule has 0 amide bonds. The van der Waals surface area contributed by atoms with E-state index in [0.717, 1.165) is 15.9 Å². The second-order valence-electron chi connectivity index (χ2n) is 3.87. The summed E-state index contributed by atoms with van der Waals surface area (Å²) >= 11 is 5.28. The standard InChI is InChI=1S/C12H15BrN4S/c1-17-7-6-10(16-17)11(15-14)8-18-12-5-3-2-4-9(12)13/h2-7,11,15H,8,14H2,1H3. The lowest BCUT2D eigenvalue weighted by Crippen LogP contribution is -2.30. The summed E-state index contributed by atoms with van der Waals surface area (Å²) in [5, 5.41) is 4.37. The average Bonchev–Trinajstić information content (AvgIpc) is 2.79. The molecule has 0 aliphatic rings. The number of aromatic nitrogens is 2. The van der Waals surface area contributed by atoms with Gasteiger partial charge < -0.3 is 0 Å². The summed E-state index contributed by atoms with van der Waals surface area (Å²) in [6, 6.07) is 10.2.